The largest absolute Gasteiger partial charge is 0.490 e. The van der Waals surface area contributed by atoms with Crippen LogP contribution in [0.15, 0.2) is 60.7 Å². The lowest BCUT2D eigenvalue weighted by Crippen LogP contribution is -2.45. The standard InChI is InChI=1S/C35H37N5O4/c1-23-8-5-6-17-43-35(3)13-15-39(16-14-35)34-28(20-33(41)42-4)24(2)37-32-21-30(38-40(32)34)27-10-7-9-26(19-27)29-18-25(22-36)11-12-31(29)44-23/h5-7,9-12,18-19,21,23H,8,13-17,20H2,1-4H3/b6-5-. The Morgan fingerprint density at radius 3 is 2.70 bits per heavy atom. The minimum absolute atomic E-state index is 0.0732. The summed E-state index contributed by atoms with van der Waals surface area (Å²) in [6.07, 6.45) is 6.60. The molecule has 0 N–H and O–H groups in total. The van der Waals surface area contributed by atoms with Gasteiger partial charge >= 0.3 is 5.97 Å². The third-order valence-electron chi connectivity index (χ3n) is 8.62. The first-order valence-corrected chi connectivity index (χ1v) is 15.1. The normalized spacial score (nSPS) is 20.9. The van der Waals surface area contributed by atoms with Gasteiger partial charge in [0.1, 0.15) is 11.6 Å². The van der Waals surface area contributed by atoms with E-state index in [2.05, 4.69) is 36.1 Å². The fourth-order valence-electron chi connectivity index (χ4n) is 6.00. The Labute approximate surface area is 257 Å². The summed E-state index contributed by atoms with van der Waals surface area (Å²) >= 11 is 0. The molecule has 9 nitrogen and oxygen atoms in total. The van der Waals surface area contributed by atoms with E-state index in [1.54, 1.807) is 6.07 Å². The lowest BCUT2D eigenvalue weighted by Gasteiger charge is -2.40. The highest BCUT2D eigenvalue weighted by molar-refractivity contribution is 5.79. The predicted molar refractivity (Wildman–Crippen MR) is 169 cm³/mol. The van der Waals surface area contributed by atoms with Crippen molar-refractivity contribution in [1.29, 1.82) is 5.26 Å². The van der Waals surface area contributed by atoms with E-state index in [0.717, 1.165) is 71.8 Å². The Bertz CT molecular complexity index is 1780. The number of nitriles is 1. The molecular weight excluding hydrogens is 554 g/mol. The van der Waals surface area contributed by atoms with Crippen molar-refractivity contribution < 1.29 is 19.0 Å². The second kappa shape index (κ2) is 12.1. The second-order valence-corrected chi connectivity index (χ2v) is 11.8. The van der Waals surface area contributed by atoms with Crippen molar-refractivity contribution in [3.63, 3.8) is 0 Å². The lowest BCUT2D eigenvalue weighted by atomic mass is 9.93. The first kappa shape index (κ1) is 29.4. The molecule has 1 saturated heterocycles. The highest BCUT2D eigenvalue weighted by Crippen LogP contribution is 2.36. The molecule has 7 rings (SSSR count). The molecule has 0 radical (unpaired) electrons. The van der Waals surface area contributed by atoms with Gasteiger partial charge in [-0.25, -0.2) is 4.98 Å². The number of piperidine rings is 1. The highest BCUT2D eigenvalue weighted by Gasteiger charge is 2.33. The zero-order chi connectivity index (χ0) is 30.8. The van der Waals surface area contributed by atoms with Crippen LogP contribution in [0.5, 0.6) is 5.75 Å². The minimum atomic E-state index is -0.319. The van der Waals surface area contributed by atoms with Gasteiger partial charge in [-0.05, 0) is 63.4 Å². The monoisotopic (exact) mass is 591 g/mol. The van der Waals surface area contributed by atoms with E-state index in [4.69, 9.17) is 24.3 Å². The maximum absolute atomic E-state index is 12.5. The van der Waals surface area contributed by atoms with E-state index in [-0.39, 0.29) is 24.1 Å². The maximum atomic E-state index is 12.5. The predicted octanol–water partition coefficient (Wildman–Crippen LogP) is 6.06. The Balaban J connectivity index is 1.52. The van der Waals surface area contributed by atoms with E-state index < -0.39 is 0 Å². The van der Waals surface area contributed by atoms with E-state index in [9.17, 15) is 10.1 Å². The molecule has 6 bridgehead atoms. The number of esters is 1. The third-order valence-corrected chi connectivity index (χ3v) is 8.62. The SMILES string of the molecule is COC(=O)Cc1c(C)nc2cc3nn2c1N1CCC(C)(CC1)OC/C=C\CC(C)Oc1ccc(C#N)cc1-c1cccc-3c1. The lowest BCUT2D eigenvalue weighted by molar-refractivity contribution is -0.139. The highest BCUT2D eigenvalue weighted by atomic mass is 16.5. The van der Waals surface area contributed by atoms with E-state index in [1.807, 2.05) is 54.8 Å². The molecule has 0 aliphatic carbocycles. The number of nitrogens with zero attached hydrogens (tertiary/aromatic N) is 5. The van der Waals surface area contributed by atoms with Crippen LogP contribution < -0.4 is 9.64 Å². The van der Waals surface area contributed by atoms with Crippen LogP contribution in [0, 0.1) is 18.3 Å². The Hall–Kier alpha value is -4.68. The fourth-order valence-corrected chi connectivity index (χ4v) is 6.00. The van der Waals surface area contributed by atoms with Crippen molar-refractivity contribution in [2.75, 3.05) is 31.7 Å². The molecule has 0 saturated carbocycles. The van der Waals surface area contributed by atoms with Gasteiger partial charge in [0, 0.05) is 48.0 Å². The Morgan fingerprint density at radius 1 is 1.14 bits per heavy atom. The summed E-state index contributed by atoms with van der Waals surface area (Å²) in [5.41, 5.74) is 6.01. The van der Waals surface area contributed by atoms with Crippen LogP contribution in [-0.2, 0) is 20.7 Å². The average Bonchev–Trinajstić information content (AvgIpc) is 3.45. The number of benzene rings is 2. The number of fused-ring (bicyclic) bond motifs is 7. The molecule has 1 fully saturated rings. The molecule has 44 heavy (non-hydrogen) atoms. The molecule has 226 valence electrons. The van der Waals surface area contributed by atoms with Crippen LogP contribution in [0.2, 0.25) is 0 Å². The number of aryl methyl sites for hydroxylation is 1. The number of hydrogen-bond acceptors (Lipinski definition) is 8. The zero-order valence-electron chi connectivity index (χ0n) is 25.7. The number of aromatic nitrogens is 3. The third kappa shape index (κ3) is 5.90. The number of methoxy groups -OCH3 is 1. The average molecular weight is 592 g/mol. The van der Waals surface area contributed by atoms with Gasteiger partial charge in [0.25, 0.3) is 0 Å². The molecule has 4 aromatic rings. The molecule has 3 aliphatic rings. The van der Waals surface area contributed by atoms with Crippen LogP contribution in [0.25, 0.3) is 28.0 Å². The summed E-state index contributed by atoms with van der Waals surface area (Å²) in [7, 11) is 1.41. The summed E-state index contributed by atoms with van der Waals surface area (Å²) in [4.78, 5) is 19.7. The smallest absolute Gasteiger partial charge is 0.310 e. The first-order valence-electron chi connectivity index (χ1n) is 15.1. The Morgan fingerprint density at radius 2 is 1.93 bits per heavy atom. The van der Waals surface area contributed by atoms with Crippen LogP contribution >= 0.6 is 0 Å². The molecule has 1 unspecified atom stereocenters. The number of hydrogen-bond donors (Lipinski definition) is 0. The molecular formula is C35H37N5O4. The van der Waals surface area contributed by atoms with Crippen LogP contribution in [0.4, 0.5) is 5.82 Å². The van der Waals surface area contributed by atoms with Gasteiger partial charge in [-0.15, -0.1) is 0 Å². The van der Waals surface area contributed by atoms with Gasteiger partial charge < -0.3 is 19.1 Å². The molecule has 2 aromatic carbocycles. The molecule has 1 atom stereocenters. The second-order valence-electron chi connectivity index (χ2n) is 11.8. The molecule has 3 aliphatic heterocycles. The molecule has 5 heterocycles. The molecule has 9 heteroatoms. The van der Waals surface area contributed by atoms with Crippen molar-refractivity contribution in [2.24, 2.45) is 0 Å². The summed E-state index contributed by atoms with van der Waals surface area (Å²) in [6.45, 7) is 8.17. The van der Waals surface area contributed by atoms with Crippen molar-refractivity contribution in [1.82, 2.24) is 14.6 Å². The topological polar surface area (TPSA) is 102 Å². The Kier molecular flexibility index (Phi) is 8.11. The summed E-state index contributed by atoms with van der Waals surface area (Å²) < 4.78 is 19.7. The first-order chi connectivity index (χ1) is 21.3. The zero-order valence-corrected chi connectivity index (χ0v) is 25.7. The van der Waals surface area contributed by atoms with Crippen molar-refractivity contribution in [2.45, 2.75) is 58.2 Å². The van der Waals surface area contributed by atoms with Crippen LogP contribution in [0.1, 0.15) is 49.9 Å². The van der Waals surface area contributed by atoms with E-state index in [1.165, 1.54) is 7.11 Å². The van der Waals surface area contributed by atoms with Gasteiger partial charge in [0.15, 0.2) is 5.65 Å². The fraction of sp³-hybridized carbons (Fsp3) is 0.371. The molecule has 2 aromatic heterocycles. The van der Waals surface area contributed by atoms with E-state index >= 15 is 0 Å². The van der Waals surface area contributed by atoms with Crippen LogP contribution in [-0.4, -0.2) is 59.1 Å². The van der Waals surface area contributed by atoms with E-state index in [0.29, 0.717) is 23.6 Å². The quantitative estimate of drug-likeness (QED) is 0.205. The van der Waals surface area contributed by atoms with Crippen molar-refractivity contribution in [3.8, 4) is 34.2 Å². The van der Waals surface area contributed by atoms with Gasteiger partial charge in [0.05, 0.1) is 49.2 Å². The van der Waals surface area contributed by atoms with Crippen molar-refractivity contribution in [3.05, 3.63) is 77.5 Å². The van der Waals surface area contributed by atoms with Gasteiger partial charge in [-0.3, -0.25) is 4.79 Å². The summed E-state index contributed by atoms with van der Waals surface area (Å²) in [5.74, 6) is 1.26. The van der Waals surface area contributed by atoms with Crippen LogP contribution in [0.3, 0.4) is 0 Å². The molecule has 0 amide bonds. The minimum Gasteiger partial charge on any atom is -0.490 e. The summed E-state index contributed by atoms with van der Waals surface area (Å²) in [6, 6.07) is 17.9. The van der Waals surface area contributed by atoms with Gasteiger partial charge in [0.2, 0.25) is 0 Å². The molecule has 0 spiro atoms. The number of anilines is 1. The van der Waals surface area contributed by atoms with Gasteiger partial charge in [-0.2, -0.15) is 14.9 Å². The number of carbonyl (C=O) groups excluding carboxylic acids is 1. The number of carbonyl (C=O) groups is 1. The maximum Gasteiger partial charge on any atom is 0.310 e. The van der Waals surface area contributed by atoms with Crippen molar-refractivity contribution >= 4 is 17.4 Å². The number of rotatable bonds is 2. The summed E-state index contributed by atoms with van der Waals surface area (Å²) in [5, 5.41) is 14.7. The van der Waals surface area contributed by atoms with Gasteiger partial charge in [-0.1, -0.05) is 30.4 Å². The number of ether oxygens (including phenoxy) is 3.